The third-order valence-electron chi connectivity index (χ3n) is 10.2. The van der Waals surface area contributed by atoms with E-state index in [9.17, 15) is 34.2 Å². The molecule has 6 N–H and O–H groups in total. The number of nitrogens with zero attached hydrogens (tertiary/aromatic N) is 1. The lowest BCUT2D eigenvalue weighted by molar-refractivity contribution is -0.236. The number of fused-ring (bicyclic) bond motifs is 4. The number of halogens is 1. The van der Waals surface area contributed by atoms with E-state index in [0.29, 0.717) is 11.1 Å². The first-order chi connectivity index (χ1) is 27.9. The summed E-state index contributed by atoms with van der Waals surface area (Å²) in [5.41, 5.74) is 5.43. The molecule has 2 fully saturated rings. The molecule has 0 spiro atoms. The van der Waals surface area contributed by atoms with Crippen LogP contribution in [0.15, 0.2) is 47.6 Å². The second-order valence-electron chi connectivity index (χ2n) is 14.4. The van der Waals surface area contributed by atoms with Crippen LogP contribution in [-0.2, 0) is 53.9 Å². The summed E-state index contributed by atoms with van der Waals surface area (Å²) in [6.45, 7) is 5.79. The van der Waals surface area contributed by atoms with Gasteiger partial charge in [-0.1, -0.05) is 48.4 Å². The molecule has 0 aromatic heterocycles. The third-order valence-corrected chi connectivity index (χ3v) is 10.6. The van der Waals surface area contributed by atoms with Gasteiger partial charge >= 0.3 is 24.2 Å². The van der Waals surface area contributed by atoms with Gasteiger partial charge in [0, 0.05) is 47.6 Å². The number of phenolic OH excluding ortho intramolecular Hbond substituents is 1. The number of carbonyl (C=O) groups excluding carboxylic acids is 5. The van der Waals surface area contributed by atoms with Crippen LogP contribution in [0.2, 0.25) is 5.02 Å². The van der Waals surface area contributed by atoms with E-state index in [-0.39, 0.29) is 23.6 Å². The van der Waals surface area contributed by atoms with Crippen LogP contribution < -0.4 is 21.3 Å². The minimum atomic E-state index is -1.81. The molecule has 3 heterocycles. The van der Waals surface area contributed by atoms with Crippen LogP contribution in [0.25, 0.3) is 0 Å². The summed E-state index contributed by atoms with van der Waals surface area (Å²) < 4.78 is 45.4. The molecule has 326 valence electrons. The number of nitrogens with one attached hydrogen (secondary N) is 2. The minimum absolute atomic E-state index is 0.121. The number of hydrogen-bond acceptors (Lipinski definition) is 15. The number of alkyl carbamates (subject to hydrolysis) is 2. The first kappa shape index (κ1) is 46.8. The molecule has 4 amide bonds. The highest BCUT2D eigenvalue weighted by molar-refractivity contribution is 6.35. The predicted molar refractivity (Wildman–Crippen MR) is 209 cm³/mol. The Morgan fingerprint density at radius 3 is 2.44 bits per heavy atom. The van der Waals surface area contributed by atoms with Crippen LogP contribution >= 0.6 is 11.6 Å². The Hall–Kier alpha value is -4.92. The molecular weight excluding hydrogens is 800 g/mol. The van der Waals surface area contributed by atoms with Gasteiger partial charge in [0.1, 0.15) is 54.0 Å². The highest BCUT2D eigenvalue weighted by atomic mass is 35.5. The van der Waals surface area contributed by atoms with Gasteiger partial charge in [-0.05, 0) is 43.5 Å². The molecule has 59 heavy (non-hydrogen) atoms. The number of ether oxygens (including phenoxy) is 8. The monoisotopic (exact) mass is 852 g/mol. The zero-order valence-corrected chi connectivity index (χ0v) is 34.8. The van der Waals surface area contributed by atoms with Gasteiger partial charge in [-0.25, -0.2) is 14.4 Å². The number of carbonyl (C=O) groups is 5. The van der Waals surface area contributed by atoms with Crippen molar-refractivity contribution in [3.8, 4) is 5.75 Å². The van der Waals surface area contributed by atoms with Crippen molar-refractivity contribution in [1.82, 2.24) is 10.6 Å². The van der Waals surface area contributed by atoms with E-state index in [1.165, 1.54) is 40.5 Å². The number of allylic oxidation sites excluding steroid dienone is 3. The first-order valence-corrected chi connectivity index (χ1v) is 19.0. The smallest absolute Gasteiger partial charge is 0.409 e. The number of amides is 4. The molecule has 10 atom stereocenters. The van der Waals surface area contributed by atoms with E-state index < -0.39 is 110 Å². The van der Waals surface area contributed by atoms with E-state index in [4.69, 9.17) is 55.2 Å². The maximum atomic E-state index is 14.9. The van der Waals surface area contributed by atoms with Crippen molar-refractivity contribution >= 4 is 47.4 Å². The summed E-state index contributed by atoms with van der Waals surface area (Å²) in [5, 5.41) is 27.9. The maximum absolute atomic E-state index is 14.9. The highest BCUT2D eigenvalue weighted by Gasteiger charge is 2.52. The standard InChI is InChI=1S/C39H53ClN4O15/c1-19-10-9-11-29(52-6)39(54-8)17-27(58-38(51)43-39)21(3)13-20(2)26(57-37(50)42-5)16-30(47)44(24-14-23(12-19)15-25(46)31(24)40)35-32(48)34(53-7)33(59-36(41)49)28(56-35)18-55-22(4)45/h9-11,13-15,21,26-29,32-35,46,48H,12,16-18H2,1-8H3,(H2,41,49)(H,42,50)(H,43,51). The lowest BCUT2D eigenvalue weighted by Crippen LogP contribution is -2.66. The lowest BCUT2D eigenvalue weighted by Gasteiger charge is -2.47. The zero-order valence-electron chi connectivity index (χ0n) is 34.1. The molecule has 20 heteroatoms. The summed E-state index contributed by atoms with van der Waals surface area (Å²) in [7, 11) is 5.44. The van der Waals surface area contributed by atoms with Crippen LogP contribution in [0.3, 0.4) is 0 Å². The van der Waals surface area contributed by atoms with Crippen LogP contribution in [-0.4, -0.2) is 130 Å². The number of primary amides is 1. The van der Waals surface area contributed by atoms with E-state index in [2.05, 4.69) is 10.6 Å². The maximum Gasteiger partial charge on any atom is 0.409 e. The van der Waals surface area contributed by atoms with E-state index in [0.717, 1.165) is 17.4 Å². The van der Waals surface area contributed by atoms with E-state index in [1.54, 1.807) is 38.2 Å². The normalized spacial score (nSPS) is 30.5. The molecule has 3 aliphatic heterocycles. The molecule has 19 nitrogen and oxygen atoms in total. The van der Waals surface area contributed by atoms with Crippen molar-refractivity contribution in [2.45, 2.75) is 102 Å². The molecule has 0 saturated carbocycles. The predicted octanol–water partition coefficient (Wildman–Crippen LogP) is 3.12. The minimum Gasteiger partial charge on any atom is -0.506 e. The van der Waals surface area contributed by atoms with Gasteiger partial charge in [-0.2, -0.15) is 0 Å². The Morgan fingerprint density at radius 1 is 1.12 bits per heavy atom. The molecule has 10 unspecified atom stereocenters. The number of aliphatic hydroxyl groups excluding tert-OH is 1. The molecule has 1 aromatic carbocycles. The highest BCUT2D eigenvalue weighted by Crippen LogP contribution is 2.41. The number of methoxy groups -OCH3 is 3. The van der Waals surface area contributed by atoms with Gasteiger partial charge in [0.05, 0.1) is 12.1 Å². The average molecular weight is 853 g/mol. The van der Waals surface area contributed by atoms with Crippen molar-refractivity contribution in [1.29, 1.82) is 0 Å². The second-order valence-corrected chi connectivity index (χ2v) is 14.8. The average Bonchev–Trinajstić information content (AvgIpc) is 3.17. The fraction of sp³-hybridized carbons (Fsp3) is 0.564. The van der Waals surface area contributed by atoms with Crippen molar-refractivity contribution in [2.75, 3.05) is 39.9 Å². The van der Waals surface area contributed by atoms with Crippen LogP contribution in [0.1, 0.15) is 46.1 Å². The SMILES string of the molecule is CNC(=O)OC1CC(=O)N(C2OC(COC(C)=O)C(OC(N)=O)C(OC)C2O)c2cc(cc(O)c2Cl)CC(C)=CC=CC(OC)C2(OC)CC(OC(=O)N2)C(C)C=C1C. The number of aromatic hydroxyl groups is 1. The van der Waals surface area contributed by atoms with Crippen molar-refractivity contribution in [2.24, 2.45) is 11.7 Å². The Labute approximate surface area is 346 Å². The van der Waals surface area contributed by atoms with Gasteiger partial charge in [-0.15, -0.1) is 0 Å². The number of esters is 1. The number of rotatable bonds is 8. The number of benzene rings is 1. The Bertz CT molecular complexity index is 1820. The van der Waals surface area contributed by atoms with Crippen molar-refractivity contribution in [3.63, 3.8) is 0 Å². The van der Waals surface area contributed by atoms with Gasteiger partial charge in [0.2, 0.25) is 5.91 Å². The molecule has 0 aliphatic carbocycles. The number of hydrogen-bond donors (Lipinski definition) is 5. The quantitative estimate of drug-likeness (QED) is 0.143. The van der Waals surface area contributed by atoms with E-state index in [1.807, 2.05) is 6.92 Å². The summed E-state index contributed by atoms with van der Waals surface area (Å²) in [6.07, 6.45) is -6.94. The van der Waals surface area contributed by atoms with Gasteiger partial charge in [0.25, 0.3) is 0 Å². The Morgan fingerprint density at radius 2 is 1.83 bits per heavy atom. The molecule has 4 rings (SSSR count). The van der Waals surface area contributed by atoms with Gasteiger partial charge in [-0.3, -0.25) is 19.8 Å². The fourth-order valence-corrected chi connectivity index (χ4v) is 7.50. The topological polar surface area (TPSA) is 253 Å². The number of nitrogens with two attached hydrogens (primary N) is 1. The molecule has 3 aliphatic rings. The molecule has 4 bridgehead atoms. The molecule has 1 aromatic rings. The van der Waals surface area contributed by atoms with Crippen LogP contribution in [0.4, 0.5) is 20.1 Å². The van der Waals surface area contributed by atoms with E-state index >= 15 is 0 Å². The van der Waals surface area contributed by atoms with Crippen molar-refractivity contribution < 1.29 is 72.1 Å². The molecular formula is C39H53ClN4O15. The third kappa shape index (κ3) is 11.2. The summed E-state index contributed by atoms with van der Waals surface area (Å²) >= 11 is 6.77. The summed E-state index contributed by atoms with van der Waals surface area (Å²) in [4.78, 5) is 65.6. The molecule has 0 radical (unpaired) electrons. The second kappa shape index (κ2) is 20.4. The Kier molecular flexibility index (Phi) is 16.1. The zero-order chi connectivity index (χ0) is 43.8. The van der Waals surface area contributed by atoms with Gasteiger partial charge < -0.3 is 59.2 Å². The first-order valence-electron chi connectivity index (χ1n) is 18.6. The largest absolute Gasteiger partial charge is 0.506 e. The summed E-state index contributed by atoms with van der Waals surface area (Å²) in [5.74, 6) is -2.55. The lowest BCUT2D eigenvalue weighted by atomic mass is 9.88. The fourth-order valence-electron chi connectivity index (χ4n) is 7.30. The van der Waals surface area contributed by atoms with Gasteiger partial charge in [0.15, 0.2) is 18.1 Å². The number of aliphatic hydroxyl groups is 1. The summed E-state index contributed by atoms with van der Waals surface area (Å²) in [6, 6.07) is 2.91. The van der Waals surface area contributed by atoms with Crippen molar-refractivity contribution in [3.05, 3.63) is 58.2 Å². The molecule has 2 saturated heterocycles. The number of anilines is 1. The van der Waals surface area contributed by atoms with Crippen LogP contribution in [0.5, 0.6) is 5.75 Å². The number of phenols is 1. The Balaban J connectivity index is 1.96. The van der Waals surface area contributed by atoms with Crippen LogP contribution in [0, 0.1) is 5.92 Å².